The molecule has 132 valence electrons. The minimum atomic E-state index is -2.35. The highest BCUT2D eigenvalue weighted by atomic mass is 28.4. The van der Waals surface area contributed by atoms with Crippen molar-refractivity contribution in [3.05, 3.63) is 0 Å². The molecular weight excluding hydrogens is 288 g/mol. The highest BCUT2D eigenvalue weighted by molar-refractivity contribution is 6.72. The topological polar surface area (TPSA) is 18.5 Å². The van der Waals surface area contributed by atoms with Crippen molar-refractivity contribution in [2.45, 2.75) is 78.8 Å². The molecule has 0 aromatic carbocycles. The normalized spacial score (nSPS) is 28.1. The lowest BCUT2D eigenvalue weighted by molar-refractivity contribution is 0.0425. The average molecular weight is 329 g/mol. The van der Waals surface area contributed by atoms with Gasteiger partial charge in [-0.3, -0.25) is 0 Å². The molecule has 1 aliphatic rings. The lowest BCUT2D eigenvalue weighted by Gasteiger charge is -2.62. The van der Waals surface area contributed by atoms with Gasteiger partial charge in [-0.15, -0.1) is 0 Å². The van der Waals surface area contributed by atoms with E-state index < -0.39 is 8.56 Å². The highest BCUT2D eigenvalue weighted by Crippen LogP contribution is 2.68. The van der Waals surface area contributed by atoms with Gasteiger partial charge in [-0.2, -0.15) is 0 Å². The Morgan fingerprint density at radius 1 is 0.773 bits per heavy atom. The highest BCUT2D eigenvalue weighted by Gasteiger charge is 2.69. The molecular formula is C19H40O2Si. The summed E-state index contributed by atoms with van der Waals surface area (Å²) in [7, 11) is 1.49. The van der Waals surface area contributed by atoms with Gasteiger partial charge in [0.1, 0.15) is 0 Å². The van der Waals surface area contributed by atoms with Crippen molar-refractivity contribution in [1.29, 1.82) is 0 Å². The second-order valence-corrected chi connectivity index (χ2v) is 12.4. The van der Waals surface area contributed by atoms with Gasteiger partial charge in [0.2, 0.25) is 0 Å². The van der Waals surface area contributed by atoms with Gasteiger partial charge in [0.15, 0.2) is 0 Å². The average Bonchev–Trinajstić information content (AvgIpc) is 2.43. The van der Waals surface area contributed by atoms with Crippen LogP contribution in [0, 0.1) is 29.6 Å². The molecule has 0 aromatic heterocycles. The van der Waals surface area contributed by atoms with Crippen LogP contribution >= 0.6 is 0 Å². The van der Waals surface area contributed by atoms with Crippen LogP contribution in [0.2, 0.25) is 10.6 Å². The minimum absolute atomic E-state index is 0.178. The van der Waals surface area contributed by atoms with E-state index in [2.05, 4.69) is 55.4 Å². The van der Waals surface area contributed by atoms with E-state index in [9.17, 15) is 0 Å². The van der Waals surface area contributed by atoms with Gasteiger partial charge in [0.05, 0.1) is 0 Å². The Morgan fingerprint density at radius 3 is 1.50 bits per heavy atom. The molecule has 1 heterocycles. The monoisotopic (exact) mass is 328 g/mol. The molecule has 1 saturated heterocycles. The first kappa shape index (κ1) is 20.2. The van der Waals surface area contributed by atoms with Gasteiger partial charge < -0.3 is 8.85 Å². The molecule has 0 saturated carbocycles. The van der Waals surface area contributed by atoms with Crippen molar-refractivity contribution in [2.75, 3.05) is 14.2 Å². The second kappa shape index (κ2) is 7.35. The maximum absolute atomic E-state index is 6.44. The molecule has 2 unspecified atom stereocenters. The molecule has 0 amide bonds. The van der Waals surface area contributed by atoms with E-state index in [1.165, 1.54) is 12.8 Å². The molecule has 0 radical (unpaired) electrons. The van der Waals surface area contributed by atoms with Crippen LogP contribution in [0.25, 0.3) is 0 Å². The Kier molecular flexibility index (Phi) is 6.75. The standard InChI is InChI=1S/C19H40O2Si/c1-13(2)17-11-12-18(14(3)4)22(20-9,21-10)19(17,15(5)6)16(7)8/h13-18H,11-12H2,1-10H3. The Morgan fingerprint density at radius 2 is 1.23 bits per heavy atom. The van der Waals surface area contributed by atoms with E-state index in [-0.39, 0.29) is 5.04 Å². The van der Waals surface area contributed by atoms with Crippen LogP contribution in [0.1, 0.15) is 68.2 Å². The predicted molar refractivity (Wildman–Crippen MR) is 98.3 cm³/mol. The summed E-state index contributed by atoms with van der Waals surface area (Å²) >= 11 is 0. The van der Waals surface area contributed by atoms with Gasteiger partial charge in [0, 0.05) is 24.8 Å². The zero-order valence-electron chi connectivity index (χ0n) is 16.7. The van der Waals surface area contributed by atoms with E-state index in [4.69, 9.17) is 8.85 Å². The van der Waals surface area contributed by atoms with Crippen LogP contribution in [0.5, 0.6) is 0 Å². The van der Waals surface area contributed by atoms with E-state index in [1.54, 1.807) is 0 Å². The Bertz CT molecular complexity index is 337. The maximum atomic E-state index is 6.44. The van der Waals surface area contributed by atoms with E-state index in [0.717, 1.165) is 0 Å². The number of hydrogen-bond acceptors (Lipinski definition) is 2. The first-order valence-corrected chi connectivity index (χ1v) is 11.1. The molecule has 0 spiro atoms. The zero-order chi connectivity index (χ0) is 17.3. The van der Waals surface area contributed by atoms with Crippen LogP contribution in [0.3, 0.4) is 0 Å². The SMILES string of the molecule is CO[Si]1(OC)C(C(C)C)CCC(C(C)C)C1(C(C)C)C(C)C. The fourth-order valence-corrected chi connectivity index (χ4v) is 12.2. The molecule has 2 nitrogen and oxygen atoms in total. The molecule has 2 atom stereocenters. The van der Waals surface area contributed by atoms with Crippen LogP contribution in [-0.4, -0.2) is 22.8 Å². The third-order valence-electron chi connectivity index (χ3n) is 6.62. The quantitative estimate of drug-likeness (QED) is 0.568. The summed E-state index contributed by atoms with van der Waals surface area (Å²) in [6, 6.07) is 0. The third-order valence-corrected chi connectivity index (χ3v) is 12.5. The molecule has 3 heteroatoms. The summed E-state index contributed by atoms with van der Waals surface area (Å²) in [4.78, 5) is 0. The number of rotatable bonds is 6. The van der Waals surface area contributed by atoms with Crippen LogP contribution < -0.4 is 0 Å². The molecule has 1 fully saturated rings. The van der Waals surface area contributed by atoms with Crippen LogP contribution in [0.15, 0.2) is 0 Å². The fraction of sp³-hybridized carbons (Fsp3) is 1.00. The molecule has 0 aliphatic carbocycles. The van der Waals surface area contributed by atoms with Crippen LogP contribution in [-0.2, 0) is 8.85 Å². The molecule has 0 N–H and O–H groups in total. The molecule has 22 heavy (non-hydrogen) atoms. The van der Waals surface area contributed by atoms with Crippen LogP contribution in [0.4, 0.5) is 0 Å². The molecule has 1 aliphatic heterocycles. The zero-order valence-corrected chi connectivity index (χ0v) is 17.7. The summed E-state index contributed by atoms with van der Waals surface area (Å²) in [5.74, 6) is 3.14. The van der Waals surface area contributed by atoms with Crippen molar-refractivity contribution in [3.8, 4) is 0 Å². The lowest BCUT2D eigenvalue weighted by Crippen LogP contribution is -2.66. The first-order valence-electron chi connectivity index (χ1n) is 9.23. The summed E-state index contributed by atoms with van der Waals surface area (Å²) in [6.45, 7) is 19.1. The van der Waals surface area contributed by atoms with Crippen molar-refractivity contribution in [3.63, 3.8) is 0 Å². The Hall–Kier alpha value is 0.137. The first-order chi connectivity index (χ1) is 10.1. The summed E-state index contributed by atoms with van der Waals surface area (Å²) in [5.41, 5.74) is 0.585. The minimum Gasteiger partial charge on any atom is -0.397 e. The van der Waals surface area contributed by atoms with Gasteiger partial charge in [-0.25, -0.2) is 0 Å². The van der Waals surface area contributed by atoms with Gasteiger partial charge >= 0.3 is 8.56 Å². The molecule has 0 bridgehead atoms. The van der Waals surface area contributed by atoms with E-state index in [0.29, 0.717) is 35.1 Å². The summed E-state index contributed by atoms with van der Waals surface area (Å²) < 4.78 is 12.9. The largest absolute Gasteiger partial charge is 0.397 e. The van der Waals surface area contributed by atoms with Gasteiger partial charge in [-0.05, 0) is 42.4 Å². The van der Waals surface area contributed by atoms with Crippen molar-refractivity contribution in [2.24, 2.45) is 29.6 Å². The maximum Gasteiger partial charge on any atom is 0.348 e. The predicted octanol–water partition coefficient (Wildman–Crippen LogP) is 5.87. The third kappa shape index (κ3) is 2.71. The Labute approximate surface area is 140 Å². The lowest BCUT2D eigenvalue weighted by atomic mass is 9.67. The Balaban J connectivity index is 3.65. The fourth-order valence-electron chi connectivity index (χ4n) is 6.09. The van der Waals surface area contributed by atoms with Crippen molar-refractivity contribution < 1.29 is 8.85 Å². The van der Waals surface area contributed by atoms with E-state index >= 15 is 0 Å². The van der Waals surface area contributed by atoms with E-state index in [1.807, 2.05) is 14.2 Å². The second-order valence-electron chi connectivity index (χ2n) is 8.60. The molecule has 1 rings (SSSR count). The molecule has 0 aromatic rings. The number of hydrogen-bond donors (Lipinski definition) is 0. The van der Waals surface area contributed by atoms with Crippen molar-refractivity contribution >= 4 is 8.56 Å². The smallest absolute Gasteiger partial charge is 0.348 e. The summed E-state index contributed by atoms with van der Waals surface area (Å²) in [6.07, 6.45) is 2.58. The van der Waals surface area contributed by atoms with Gasteiger partial charge in [-0.1, -0.05) is 55.4 Å². The summed E-state index contributed by atoms with van der Waals surface area (Å²) in [5, 5.41) is 0.178. The van der Waals surface area contributed by atoms with Gasteiger partial charge in [0.25, 0.3) is 0 Å². The van der Waals surface area contributed by atoms with Crippen molar-refractivity contribution in [1.82, 2.24) is 0 Å².